The second-order valence-electron chi connectivity index (χ2n) is 10.3. The minimum absolute atomic E-state index is 0.0709. The van der Waals surface area contributed by atoms with Crippen molar-refractivity contribution in [3.8, 4) is 0 Å². The number of aliphatic hydroxyl groups is 2. The molecule has 0 saturated carbocycles. The monoisotopic (exact) mass is 461 g/mol. The predicted molar refractivity (Wildman–Crippen MR) is 129 cm³/mol. The summed E-state index contributed by atoms with van der Waals surface area (Å²) in [5.74, 6) is -1.75. The van der Waals surface area contributed by atoms with E-state index in [0.717, 1.165) is 38.5 Å². The summed E-state index contributed by atoms with van der Waals surface area (Å²) >= 11 is 0. The second-order valence-corrected chi connectivity index (χ2v) is 10.3. The lowest BCUT2D eigenvalue weighted by molar-refractivity contribution is -0.283. The fraction of sp³-hybridized carbons (Fsp3) is 0.741. The molecule has 0 aliphatic carbocycles. The largest absolute Gasteiger partial charge is 0.461 e. The minimum Gasteiger partial charge on any atom is -0.461 e. The SMILES string of the molecule is CC[C@H](Cc1ccccc1)[C@H](C)OC(=O)[C@@H]1CCCCN1CC1(O)OC(C)CC[C@@H](C)C1O. The van der Waals surface area contributed by atoms with Crippen molar-refractivity contribution in [2.75, 3.05) is 13.1 Å². The first-order chi connectivity index (χ1) is 15.7. The first-order valence-electron chi connectivity index (χ1n) is 12.8. The van der Waals surface area contributed by atoms with Gasteiger partial charge in [-0.1, -0.05) is 50.6 Å². The number of β-amino-alcohol motifs (C(OH)–C–C–N with tert-alkyl or cyclic N) is 1. The predicted octanol–water partition coefficient (Wildman–Crippen LogP) is 3.93. The van der Waals surface area contributed by atoms with Crippen molar-refractivity contribution < 1.29 is 24.5 Å². The van der Waals surface area contributed by atoms with E-state index in [1.165, 1.54) is 5.56 Å². The summed E-state index contributed by atoms with van der Waals surface area (Å²) in [6, 6.07) is 9.88. The molecular formula is C27H43NO5. The lowest BCUT2D eigenvalue weighted by atomic mass is 9.91. The second kappa shape index (κ2) is 11.8. The number of aliphatic hydroxyl groups excluding tert-OH is 1. The highest BCUT2D eigenvalue weighted by molar-refractivity contribution is 5.76. The van der Waals surface area contributed by atoms with Gasteiger partial charge in [-0.2, -0.15) is 0 Å². The van der Waals surface area contributed by atoms with E-state index in [9.17, 15) is 15.0 Å². The standard InChI is InChI=1S/C27H43NO5/c1-5-23(17-22-11-7-6-8-12-22)21(4)32-26(30)24-13-9-10-16-28(24)18-27(31)25(29)19(2)14-15-20(3)33-27/h6-8,11-12,19-21,23-25,29,31H,5,9-10,13-18H2,1-4H3/t19-,20?,21+,23-,24+,25?,27?/m1/s1. The molecule has 7 atom stereocenters. The Morgan fingerprint density at radius 3 is 2.64 bits per heavy atom. The van der Waals surface area contributed by atoms with E-state index in [1.54, 1.807) is 0 Å². The molecule has 3 unspecified atom stereocenters. The molecule has 6 nitrogen and oxygen atoms in total. The van der Waals surface area contributed by atoms with Gasteiger partial charge in [-0.25, -0.2) is 0 Å². The molecule has 2 fully saturated rings. The molecule has 2 aliphatic heterocycles. The zero-order valence-electron chi connectivity index (χ0n) is 20.8. The summed E-state index contributed by atoms with van der Waals surface area (Å²) in [5, 5.41) is 22.1. The zero-order chi connectivity index (χ0) is 24.0. The van der Waals surface area contributed by atoms with Crippen LogP contribution in [0.4, 0.5) is 0 Å². The molecule has 0 aromatic heterocycles. The van der Waals surface area contributed by atoms with Crippen LogP contribution in [0, 0.1) is 11.8 Å². The number of benzene rings is 1. The van der Waals surface area contributed by atoms with Gasteiger partial charge in [0.25, 0.3) is 0 Å². The van der Waals surface area contributed by atoms with E-state index in [4.69, 9.17) is 9.47 Å². The maximum Gasteiger partial charge on any atom is 0.323 e. The van der Waals surface area contributed by atoms with Gasteiger partial charge in [-0.15, -0.1) is 0 Å². The number of hydrogen-bond donors (Lipinski definition) is 2. The molecule has 2 aliphatic rings. The van der Waals surface area contributed by atoms with Gasteiger partial charge in [-0.3, -0.25) is 9.69 Å². The van der Waals surface area contributed by atoms with Crippen molar-refractivity contribution in [1.29, 1.82) is 0 Å². The fourth-order valence-electron chi connectivity index (χ4n) is 5.36. The molecule has 0 radical (unpaired) electrons. The van der Waals surface area contributed by atoms with E-state index in [-0.39, 0.29) is 36.6 Å². The van der Waals surface area contributed by atoms with Gasteiger partial charge >= 0.3 is 5.97 Å². The van der Waals surface area contributed by atoms with Crippen molar-refractivity contribution in [2.45, 2.75) is 103 Å². The van der Waals surface area contributed by atoms with Crippen LogP contribution >= 0.6 is 0 Å². The van der Waals surface area contributed by atoms with Crippen molar-refractivity contribution in [3.63, 3.8) is 0 Å². The molecule has 3 rings (SSSR count). The molecule has 2 saturated heterocycles. The van der Waals surface area contributed by atoms with Crippen LogP contribution in [0.2, 0.25) is 0 Å². The average Bonchev–Trinajstić information content (AvgIpc) is 2.89. The van der Waals surface area contributed by atoms with Gasteiger partial charge in [-0.05, 0) is 76.3 Å². The Morgan fingerprint density at radius 2 is 1.94 bits per heavy atom. The highest BCUT2D eigenvalue weighted by Gasteiger charge is 2.47. The lowest BCUT2D eigenvalue weighted by Crippen LogP contribution is -2.59. The van der Waals surface area contributed by atoms with Crippen LogP contribution in [-0.2, 0) is 20.7 Å². The van der Waals surface area contributed by atoms with Crippen LogP contribution in [0.25, 0.3) is 0 Å². The third-order valence-corrected chi connectivity index (χ3v) is 7.58. The van der Waals surface area contributed by atoms with Crippen LogP contribution < -0.4 is 0 Å². The Kier molecular flexibility index (Phi) is 9.34. The Bertz CT molecular complexity index is 743. The minimum atomic E-state index is -1.68. The molecule has 186 valence electrons. The molecule has 2 heterocycles. The van der Waals surface area contributed by atoms with E-state index in [0.29, 0.717) is 13.0 Å². The third kappa shape index (κ3) is 6.78. The molecular weight excluding hydrogens is 418 g/mol. The number of carbonyl (C=O) groups excluding carboxylic acids is 1. The number of piperidine rings is 1. The Labute approximate surface area is 199 Å². The Hall–Kier alpha value is -1.47. The first kappa shape index (κ1) is 26.1. The lowest BCUT2D eigenvalue weighted by Gasteiger charge is -2.42. The molecule has 2 N–H and O–H groups in total. The Balaban J connectivity index is 1.66. The van der Waals surface area contributed by atoms with Crippen LogP contribution in [0.1, 0.15) is 71.8 Å². The summed E-state index contributed by atoms with van der Waals surface area (Å²) < 4.78 is 11.9. The van der Waals surface area contributed by atoms with E-state index >= 15 is 0 Å². The van der Waals surface area contributed by atoms with E-state index < -0.39 is 17.9 Å². The smallest absolute Gasteiger partial charge is 0.323 e. The molecule has 0 bridgehead atoms. The highest BCUT2D eigenvalue weighted by Crippen LogP contribution is 2.33. The fourth-order valence-corrected chi connectivity index (χ4v) is 5.36. The number of carbonyl (C=O) groups is 1. The van der Waals surface area contributed by atoms with Gasteiger partial charge in [0.1, 0.15) is 18.2 Å². The number of esters is 1. The number of ether oxygens (including phenoxy) is 2. The van der Waals surface area contributed by atoms with Gasteiger partial charge in [0.2, 0.25) is 5.79 Å². The number of nitrogens with zero attached hydrogens (tertiary/aromatic N) is 1. The van der Waals surface area contributed by atoms with E-state index in [2.05, 4.69) is 19.1 Å². The number of hydrogen-bond acceptors (Lipinski definition) is 6. The molecule has 6 heteroatoms. The van der Waals surface area contributed by atoms with Gasteiger partial charge in [0, 0.05) is 0 Å². The first-order valence-corrected chi connectivity index (χ1v) is 12.8. The van der Waals surface area contributed by atoms with Crippen LogP contribution in [-0.4, -0.2) is 64.3 Å². The summed E-state index contributed by atoms with van der Waals surface area (Å²) in [6.45, 7) is 8.77. The normalized spacial score (nSPS) is 33.2. The highest BCUT2D eigenvalue weighted by atomic mass is 16.6. The molecule has 0 spiro atoms. The quantitative estimate of drug-likeness (QED) is 0.571. The molecule has 1 aromatic carbocycles. The molecule has 33 heavy (non-hydrogen) atoms. The van der Waals surface area contributed by atoms with Gasteiger partial charge in [0.15, 0.2) is 0 Å². The van der Waals surface area contributed by atoms with Crippen molar-refractivity contribution in [2.24, 2.45) is 11.8 Å². The maximum atomic E-state index is 13.3. The van der Waals surface area contributed by atoms with Crippen LogP contribution in [0.5, 0.6) is 0 Å². The number of rotatable bonds is 8. The summed E-state index contributed by atoms with van der Waals surface area (Å²) in [5.41, 5.74) is 1.25. The summed E-state index contributed by atoms with van der Waals surface area (Å²) in [7, 11) is 0. The summed E-state index contributed by atoms with van der Waals surface area (Å²) in [4.78, 5) is 15.2. The van der Waals surface area contributed by atoms with Crippen molar-refractivity contribution in [1.82, 2.24) is 4.90 Å². The van der Waals surface area contributed by atoms with Crippen molar-refractivity contribution in [3.05, 3.63) is 35.9 Å². The molecule has 0 amide bonds. The third-order valence-electron chi connectivity index (χ3n) is 7.58. The van der Waals surface area contributed by atoms with Crippen LogP contribution in [0.15, 0.2) is 30.3 Å². The average molecular weight is 462 g/mol. The zero-order valence-corrected chi connectivity index (χ0v) is 20.8. The van der Waals surface area contributed by atoms with Crippen molar-refractivity contribution >= 4 is 5.97 Å². The van der Waals surface area contributed by atoms with Gasteiger partial charge < -0.3 is 19.7 Å². The summed E-state index contributed by atoms with van der Waals surface area (Å²) in [6.07, 6.45) is 4.64. The number of likely N-dealkylation sites (tertiary alicyclic amines) is 1. The van der Waals surface area contributed by atoms with E-state index in [1.807, 2.05) is 43.9 Å². The van der Waals surface area contributed by atoms with Crippen LogP contribution in [0.3, 0.4) is 0 Å². The topological polar surface area (TPSA) is 79.2 Å². The molecule has 1 aromatic rings. The maximum absolute atomic E-state index is 13.3. The Morgan fingerprint density at radius 1 is 1.21 bits per heavy atom. The van der Waals surface area contributed by atoms with Gasteiger partial charge in [0.05, 0.1) is 12.6 Å².